The molecule has 2 saturated heterocycles. The van der Waals surface area contributed by atoms with Crippen molar-refractivity contribution in [3.05, 3.63) is 0 Å². The van der Waals surface area contributed by atoms with Crippen LogP contribution in [0.25, 0.3) is 0 Å². The summed E-state index contributed by atoms with van der Waals surface area (Å²) in [6.45, 7) is 6.03. The van der Waals surface area contributed by atoms with Crippen LogP contribution in [0, 0.1) is 11.8 Å². The fourth-order valence-electron chi connectivity index (χ4n) is 3.39. The van der Waals surface area contributed by atoms with Crippen LogP contribution in [0.1, 0.15) is 45.4 Å². The van der Waals surface area contributed by atoms with Crippen LogP contribution >= 0.6 is 0 Å². The van der Waals surface area contributed by atoms with Gasteiger partial charge in [-0.3, -0.25) is 0 Å². The Labute approximate surface area is 129 Å². The second kappa shape index (κ2) is 6.52. The topological polar surface area (TPSA) is 52.7 Å². The molecule has 3 rings (SSSR count). The number of hydrogen-bond acceptors (Lipinski definition) is 3. The Hall–Kier alpha value is -0.170. The van der Waals surface area contributed by atoms with E-state index >= 15 is 0 Å². The molecule has 3 fully saturated rings. The van der Waals surface area contributed by atoms with E-state index in [1.54, 1.807) is 8.61 Å². The van der Waals surface area contributed by atoms with E-state index in [4.69, 9.17) is 0 Å². The van der Waals surface area contributed by atoms with E-state index < -0.39 is 10.2 Å². The number of rotatable bonds is 6. The summed E-state index contributed by atoms with van der Waals surface area (Å²) in [7, 11) is -3.26. The van der Waals surface area contributed by atoms with Gasteiger partial charge in [-0.1, -0.05) is 6.92 Å². The number of nitrogens with zero attached hydrogens (tertiary/aromatic N) is 2. The SMILES string of the molecule is CC1CCN(S(=O)(=O)N(CC2CC2)CC2CCCN2)CC1. The average molecular weight is 315 g/mol. The van der Waals surface area contributed by atoms with Crippen LogP contribution in [0.15, 0.2) is 0 Å². The number of piperidine rings is 1. The summed E-state index contributed by atoms with van der Waals surface area (Å²) in [6, 6.07) is 0.349. The van der Waals surface area contributed by atoms with E-state index in [2.05, 4.69) is 12.2 Å². The van der Waals surface area contributed by atoms with E-state index in [1.807, 2.05) is 0 Å². The highest BCUT2D eigenvalue weighted by atomic mass is 32.2. The van der Waals surface area contributed by atoms with Crippen molar-refractivity contribution < 1.29 is 8.42 Å². The first-order valence-corrected chi connectivity index (χ1v) is 9.94. The summed E-state index contributed by atoms with van der Waals surface area (Å²) < 4.78 is 29.4. The molecule has 0 aromatic heterocycles. The average Bonchev–Trinajstić information content (AvgIpc) is 3.12. The third kappa shape index (κ3) is 3.97. The van der Waals surface area contributed by atoms with Crippen molar-refractivity contribution in [2.75, 3.05) is 32.7 Å². The van der Waals surface area contributed by atoms with Crippen LogP contribution in [0.3, 0.4) is 0 Å². The van der Waals surface area contributed by atoms with Gasteiger partial charge < -0.3 is 5.32 Å². The highest BCUT2D eigenvalue weighted by molar-refractivity contribution is 7.86. The third-order valence-electron chi connectivity index (χ3n) is 5.14. The van der Waals surface area contributed by atoms with Crippen LogP contribution < -0.4 is 5.32 Å². The summed E-state index contributed by atoms with van der Waals surface area (Å²) >= 11 is 0. The van der Waals surface area contributed by atoms with Gasteiger partial charge in [0.15, 0.2) is 0 Å². The van der Waals surface area contributed by atoms with Gasteiger partial charge in [-0.25, -0.2) is 0 Å². The molecule has 21 heavy (non-hydrogen) atoms. The van der Waals surface area contributed by atoms with E-state index in [-0.39, 0.29) is 0 Å². The third-order valence-corrected chi connectivity index (χ3v) is 7.11. The number of hydrogen-bond donors (Lipinski definition) is 1. The molecule has 1 N–H and O–H groups in total. The summed E-state index contributed by atoms with van der Waals surface area (Å²) in [6.07, 6.45) is 6.66. The Bertz CT molecular complexity index is 436. The molecule has 122 valence electrons. The molecule has 5 nitrogen and oxygen atoms in total. The Morgan fingerprint density at radius 2 is 1.81 bits per heavy atom. The molecule has 0 radical (unpaired) electrons. The predicted molar refractivity (Wildman–Crippen MR) is 84.2 cm³/mol. The van der Waals surface area contributed by atoms with Gasteiger partial charge in [0.25, 0.3) is 10.2 Å². The van der Waals surface area contributed by atoms with Crippen LogP contribution in [0.5, 0.6) is 0 Å². The smallest absolute Gasteiger partial charge is 0.282 e. The standard InChI is InChI=1S/C15H29N3O2S/c1-13-6-9-17(10-7-13)21(19,20)18(11-14-4-5-14)12-15-3-2-8-16-15/h13-16H,2-12H2,1H3. The maximum atomic E-state index is 13.0. The van der Waals surface area contributed by atoms with Crippen molar-refractivity contribution in [2.24, 2.45) is 11.8 Å². The lowest BCUT2D eigenvalue weighted by atomic mass is 10.0. The summed E-state index contributed by atoms with van der Waals surface area (Å²) in [5, 5.41) is 3.44. The van der Waals surface area contributed by atoms with E-state index in [1.165, 1.54) is 19.3 Å². The van der Waals surface area contributed by atoms with Crippen molar-refractivity contribution in [2.45, 2.75) is 51.5 Å². The van der Waals surface area contributed by atoms with Crippen molar-refractivity contribution in [1.82, 2.24) is 13.9 Å². The number of nitrogens with one attached hydrogen (secondary N) is 1. The molecule has 3 aliphatic rings. The molecule has 0 aromatic carbocycles. The lowest BCUT2D eigenvalue weighted by Gasteiger charge is -2.35. The van der Waals surface area contributed by atoms with Gasteiger partial charge >= 0.3 is 0 Å². The first-order valence-electron chi connectivity index (χ1n) is 8.54. The van der Waals surface area contributed by atoms with E-state index in [9.17, 15) is 8.42 Å². The predicted octanol–water partition coefficient (Wildman–Crippen LogP) is 1.43. The zero-order valence-electron chi connectivity index (χ0n) is 13.1. The van der Waals surface area contributed by atoms with Gasteiger partial charge in [0.05, 0.1) is 0 Å². The zero-order chi connectivity index (χ0) is 14.9. The summed E-state index contributed by atoms with van der Waals surface area (Å²) in [4.78, 5) is 0. The van der Waals surface area contributed by atoms with Crippen LogP contribution in [0.4, 0.5) is 0 Å². The molecule has 2 heterocycles. The Morgan fingerprint density at radius 3 is 2.38 bits per heavy atom. The van der Waals surface area contributed by atoms with Crippen molar-refractivity contribution in [3.8, 4) is 0 Å². The molecule has 1 saturated carbocycles. The molecule has 0 aromatic rings. The van der Waals surface area contributed by atoms with Gasteiger partial charge in [-0.15, -0.1) is 0 Å². The van der Waals surface area contributed by atoms with Gasteiger partial charge in [0.2, 0.25) is 0 Å². The first kappa shape index (κ1) is 15.7. The fourth-order valence-corrected chi connectivity index (χ4v) is 5.15. The van der Waals surface area contributed by atoms with Gasteiger partial charge in [0.1, 0.15) is 0 Å². The van der Waals surface area contributed by atoms with Gasteiger partial charge in [-0.2, -0.15) is 17.0 Å². The minimum absolute atomic E-state index is 0.349. The Balaban J connectivity index is 1.67. The molecule has 1 unspecified atom stereocenters. The summed E-state index contributed by atoms with van der Waals surface area (Å²) in [5.74, 6) is 1.26. The molecule has 0 spiro atoms. The largest absolute Gasteiger partial charge is 0.313 e. The Kier molecular flexibility index (Phi) is 4.88. The molecule has 0 amide bonds. The molecule has 2 aliphatic heterocycles. The molecule has 0 bridgehead atoms. The maximum Gasteiger partial charge on any atom is 0.282 e. The van der Waals surface area contributed by atoms with Gasteiger partial charge in [0, 0.05) is 32.2 Å². The molecule has 1 aliphatic carbocycles. The van der Waals surface area contributed by atoms with E-state index in [0.717, 1.165) is 32.4 Å². The minimum Gasteiger partial charge on any atom is -0.313 e. The molecule has 1 atom stereocenters. The first-order chi connectivity index (χ1) is 10.1. The normalized spacial score (nSPS) is 29.3. The molecular formula is C15H29N3O2S. The zero-order valence-corrected chi connectivity index (χ0v) is 13.9. The van der Waals surface area contributed by atoms with Crippen molar-refractivity contribution in [3.63, 3.8) is 0 Å². The highest BCUT2D eigenvalue weighted by Gasteiger charge is 2.37. The lowest BCUT2D eigenvalue weighted by Crippen LogP contribution is -2.50. The second-order valence-electron chi connectivity index (χ2n) is 7.14. The van der Waals surface area contributed by atoms with E-state index in [0.29, 0.717) is 37.5 Å². The lowest BCUT2D eigenvalue weighted by molar-refractivity contribution is 0.256. The highest BCUT2D eigenvalue weighted by Crippen LogP contribution is 2.32. The van der Waals surface area contributed by atoms with Crippen LogP contribution in [0.2, 0.25) is 0 Å². The van der Waals surface area contributed by atoms with Gasteiger partial charge in [-0.05, 0) is 56.9 Å². The quantitative estimate of drug-likeness (QED) is 0.807. The van der Waals surface area contributed by atoms with Crippen molar-refractivity contribution in [1.29, 1.82) is 0 Å². The second-order valence-corrected chi connectivity index (χ2v) is 9.07. The molecular weight excluding hydrogens is 286 g/mol. The fraction of sp³-hybridized carbons (Fsp3) is 1.00. The van der Waals surface area contributed by atoms with Crippen LogP contribution in [-0.4, -0.2) is 55.8 Å². The van der Waals surface area contributed by atoms with Crippen molar-refractivity contribution >= 4 is 10.2 Å². The maximum absolute atomic E-state index is 13.0. The molecule has 6 heteroatoms. The van der Waals surface area contributed by atoms with Crippen LogP contribution in [-0.2, 0) is 10.2 Å². The minimum atomic E-state index is -3.26. The summed E-state index contributed by atoms with van der Waals surface area (Å²) in [5.41, 5.74) is 0. The monoisotopic (exact) mass is 315 g/mol. The Morgan fingerprint density at radius 1 is 1.10 bits per heavy atom.